The Hall–Kier alpha value is -3.26. The van der Waals surface area contributed by atoms with Crippen molar-refractivity contribution in [3.8, 4) is 0 Å². The van der Waals surface area contributed by atoms with Crippen LogP contribution in [0.1, 0.15) is 29.5 Å². The first-order valence-electron chi connectivity index (χ1n) is 8.56. The molecule has 0 atom stereocenters. The number of carbonyl (C=O) groups is 1. The summed E-state index contributed by atoms with van der Waals surface area (Å²) in [5.74, 6) is -0.147. The van der Waals surface area contributed by atoms with Crippen molar-refractivity contribution >= 4 is 22.6 Å². The second kappa shape index (κ2) is 7.96. The fraction of sp³-hybridized carbons (Fsp3) is 0.263. The van der Waals surface area contributed by atoms with Crippen LogP contribution in [0.5, 0.6) is 0 Å². The smallest absolute Gasteiger partial charge is 0.340 e. The summed E-state index contributed by atoms with van der Waals surface area (Å²) >= 11 is 0. The van der Waals surface area contributed by atoms with E-state index in [1.54, 1.807) is 47.9 Å². The second-order valence-corrected chi connectivity index (χ2v) is 5.82. The Balaban J connectivity index is 2.29. The molecule has 1 N–H and O–H groups in total. The van der Waals surface area contributed by atoms with Crippen LogP contribution in [0.4, 0.5) is 0 Å². The van der Waals surface area contributed by atoms with Gasteiger partial charge in [-0.05, 0) is 19.1 Å². The zero-order chi connectivity index (χ0) is 19.4. The monoisotopic (exact) mass is 369 g/mol. The van der Waals surface area contributed by atoms with Crippen LogP contribution in [0.3, 0.4) is 0 Å². The highest BCUT2D eigenvalue weighted by molar-refractivity contribution is 6.02. The summed E-state index contributed by atoms with van der Waals surface area (Å²) in [7, 11) is 0. The minimum Gasteiger partial charge on any atom is -0.462 e. The lowest BCUT2D eigenvalue weighted by Crippen LogP contribution is -2.09. The van der Waals surface area contributed by atoms with E-state index in [2.05, 4.69) is 4.98 Å². The number of rotatable bonds is 6. The van der Waals surface area contributed by atoms with Crippen LogP contribution >= 0.6 is 0 Å². The third-order valence-electron chi connectivity index (χ3n) is 4.20. The van der Waals surface area contributed by atoms with E-state index in [4.69, 9.17) is 4.74 Å². The van der Waals surface area contributed by atoms with Gasteiger partial charge in [0.25, 0.3) is 5.70 Å². The number of nitrogens with zero attached hydrogens (tertiary/aromatic N) is 3. The molecule has 0 spiro atoms. The molecule has 2 aromatic rings. The molecule has 0 fully saturated rings. The van der Waals surface area contributed by atoms with E-state index in [9.17, 15) is 20.0 Å². The van der Waals surface area contributed by atoms with Crippen LogP contribution in [-0.4, -0.2) is 38.8 Å². The number of carbonyl (C=O) groups excluding carboxylic acids is 1. The van der Waals surface area contributed by atoms with Crippen molar-refractivity contribution < 1.29 is 19.6 Å². The first-order chi connectivity index (χ1) is 13.1. The molecule has 140 valence electrons. The molecule has 3 rings (SSSR count). The summed E-state index contributed by atoms with van der Waals surface area (Å²) in [6, 6.07) is 5.07. The highest BCUT2D eigenvalue weighted by atomic mass is 16.6. The van der Waals surface area contributed by atoms with Gasteiger partial charge < -0.3 is 14.4 Å². The third kappa shape index (κ3) is 3.52. The molecule has 0 unspecified atom stereocenters. The number of aromatic nitrogens is 2. The van der Waals surface area contributed by atoms with Gasteiger partial charge in [0.1, 0.15) is 11.3 Å². The quantitative estimate of drug-likeness (QED) is 0.476. The number of aliphatic hydroxyl groups excluding tert-OH is 1. The number of nitro groups is 1. The van der Waals surface area contributed by atoms with Crippen LogP contribution in [0, 0.1) is 10.1 Å². The SMILES string of the molecule is CCOC(=O)c1cccc2c1nc(C1=C([N+](=O)[O-])C=CC=CC1)n2CCO. The van der Waals surface area contributed by atoms with E-state index < -0.39 is 10.9 Å². The Kier molecular flexibility index (Phi) is 5.46. The van der Waals surface area contributed by atoms with Crippen LogP contribution in [-0.2, 0) is 11.3 Å². The van der Waals surface area contributed by atoms with Crippen molar-refractivity contribution in [3.05, 3.63) is 69.7 Å². The van der Waals surface area contributed by atoms with E-state index >= 15 is 0 Å². The van der Waals surface area contributed by atoms with Crippen LogP contribution in [0.2, 0.25) is 0 Å². The molecule has 0 saturated heterocycles. The number of imidazole rings is 1. The molecule has 27 heavy (non-hydrogen) atoms. The van der Waals surface area contributed by atoms with Gasteiger partial charge in [-0.3, -0.25) is 10.1 Å². The zero-order valence-corrected chi connectivity index (χ0v) is 14.8. The summed E-state index contributed by atoms with van der Waals surface area (Å²) in [6.07, 6.45) is 6.88. The molecule has 0 amide bonds. The average Bonchev–Trinajstić information content (AvgIpc) is 2.84. The van der Waals surface area contributed by atoms with Crippen molar-refractivity contribution in [1.29, 1.82) is 0 Å². The third-order valence-corrected chi connectivity index (χ3v) is 4.20. The predicted octanol–water partition coefficient (Wildman–Crippen LogP) is 2.71. The first-order valence-corrected chi connectivity index (χ1v) is 8.56. The Labute approximate surface area is 155 Å². The molecule has 1 heterocycles. The highest BCUT2D eigenvalue weighted by Gasteiger charge is 2.25. The Morgan fingerprint density at radius 3 is 2.93 bits per heavy atom. The van der Waals surface area contributed by atoms with Gasteiger partial charge in [0.15, 0.2) is 0 Å². The average molecular weight is 369 g/mol. The lowest BCUT2D eigenvalue weighted by atomic mass is 10.1. The van der Waals surface area contributed by atoms with Gasteiger partial charge in [-0.1, -0.05) is 24.3 Å². The molecule has 1 aliphatic rings. The number of para-hydroxylation sites is 1. The van der Waals surface area contributed by atoms with Crippen molar-refractivity contribution in [3.63, 3.8) is 0 Å². The Bertz CT molecular complexity index is 985. The topological polar surface area (TPSA) is 107 Å². The van der Waals surface area contributed by atoms with Crippen molar-refractivity contribution in [2.24, 2.45) is 0 Å². The summed E-state index contributed by atoms with van der Waals surface area (Å²) in [6.45, 7) is 1.97. The molecule has 0 saturated carbocycles. The number of hydrogen-bond acceptors (Lipinski definition) is 6. The van der Waals surface area contributed by atoms with Gasteiger partial charge in [0.05, 0.1) is 34.8 Å². The minimum absolute atomic E-state index is 0.0628. The van der Waals surface area contributed by atoms with Crippen molar-refractivity contribution in [1.82, 2.24) is 9.55 Å². The summed E-state index contributed by atoms with van der Waals surface area (Å²) in [5, 5.41) is 21.0. The number of esters is 1. The lowest BCUT2D eigenvalue weighted by Gasteiger charge is -2.09. The second-order valence-electron chi connectivity index (χ2n) is 5.82. The van der Waals surface area contributed by atoms with Gasteiger partial charge in [-0.25, -0.2) is 9.78 Å². The molecule has 8 heteroatoms. The predicted molar refractivity (Wildman–Crippen MR) is 99.6 cm³/mol. The van der Waals surface area contributed by atoms with E-state index in [1.807, 2.05) is 0 Å². The fourth-order valence-electron chi connectivity index (χ4n) is 3.07. The van der Waals surface area contributed by atoms with Crippen LogP contribution < -0.4 is 0 Å². The van der Waals surface area contributed by atoms with Gasteiger partial charge in [-0.2, -0.15) is 0 Å². The maximum Gasteiger partial charge on any atom is 0.340 e. The van der Waals surface area contributed by atoms with E-state index in [1.165, 1.54) is 6.08 Å². The summed E-state index contributed by atoms with van der Waals surface area (Å²) in [4.78, 5) is 27.9. The van der Waals surface area contributed by atoms with E-state index in [0.717, 1.165) is 0 Å². The van der Waals surface area contributed by atoms with Crippen molar-refractivity contribution in [2.45, 2.75) is 19.9 Å². The number of benzene rings is 1. The molecule has 1 aromatic carbocycles. The number of fused-ring (bicyclic) bond motifs is 1. The van der Waals surface area contributed by atoms with Crippen LogP contribution in [0.15, 0.2) is 48.2 Å². The van der Waals surface area contributed by atoms with Crippen LogP contribution in [0.25, 0.3) is 16.6 Å². The Morgan fingerprint density at radius 1 is 1.41 bits per heavy atom. The molecule has 0 radical (unpaired) electrons. The molecule has 0 bridgehead atoms. The number of hydrogen-bond donors (Lipinski definition) is 1. The standard InChI is InChI=1S/C19H19N3O5/c1-2-27-19(24)14-8-6-10-16-17(14)20-18(21(16)11-12-23)13-7-4-3-5-9-15(13)22(25)26/h3-6,8-10,23H,2,7,11-12H2,1H3. The van der Waals surface area contributed by atoms with Gasteiger partial charge >= 0.3 is 5.97 Å². The van der Waals surface area contributed by atoms with Gasteiger partial charge in [0.2, 0.25) is 0 Å². The molecule has 1 aliphatic carbocycles. The Morgan fingerprint density at radius 2 is 2.22 bits per heavy atom. The maximum atomic E-state index is 12.3. The number of ether oxygens (including phenoxy) is 1. The maximum absolute atomic E-state index is 12.3. The molecule has 1 aromatic heterocycles. The lowest BCUT2D eigenvalue weighted by molar-refractivity contribution is -0.418. The largest absolute Gasteiger partial charge is 0.462 e. The highest BCUT2D eigenvalue weighted by Crippen LogP contribution is 2.30. The first kappa shape index (κ1) is 18.5. The summed E-state index contributed by atoms with van der Waals surface area (Å²) in [5.41, 5.74) is 1.65. The number of aliphatic hydroxyl groups is 1. The molecule has 0 aliphatic heterocycles. The minimum atomic E-state index is -0.507. The molecular weight excluding hydrogens is 350 g/mol. The van der Waals surface area contributed by atoms with Crippen molar-refractivity contribution in [2.75, 3.05) is 13.2 Å². The zero-order valence-electron chi connectivity index (χ0n) is 14.8. The van der Waals surface area contributed by atoms with E-state index in [0.29, 0.717) is 28.9 Å². The number of allylic oxidation sites excluding steroid dienone is 5. The van der Waals surface area contributed by atoms with Gasteiger partial charge in [0, 0.05) is 19.0 Å². The summed E-state index contributed by atoms with van der Waals surface area (Å²) < 4.78 is 6.79. The molecule has 8 nitrogen and oxygen atoms in total. The van der Waals surface area contributed by atoms with E-state index in [-0.39, 0.29) is 31.0 Å². The normalized spacial score (nSPS) is 13.9. The van der Waals surface area contributed by atoms with Gasteiger partial charge in [-0.15, -0.1) is 0 Å². The molecular formula is C19H19N3O5. The fourth-order valence-corrected chi connectivity index (χ4v) is 3.07.